The van der Waals surface area contributed by atoms with E-state index in [-0.39, 0.29) is 25.5 Å². The maximum Gasteiger partial charge on any atom is 0.478 e. The van der Waals surface area contributed by atoms with Crippen LogP contribution in [0.25, 0.3) is 0 Å². The highest BCUT2D eigenvalue weighted by molar-refractivity contribution is 5.87. The van der Waals surface area contributed by atoms with Gasteiger partial charge in [0.1, 0.15) is 0 Å². The summed E-state index contributed by atoms with van der Waals surface area (Å²) < 4.78 is 44.9. The molecule has 0 saturated carbocycles. The SMILES string of the molecule is CCCC(=O)N[C@]([NH2+]CC(C)C)(C(=O)OCC)C(F)(F)F. The molecule has 124 valence electrons. The van der Waals surface area contributed by atoms with Crippen molar-refractivity contribution in [1.82, 2.24) is 5.32 Å². The molecule has 0 fully saturated rings. The zero-order valence-corrected chi connectivity index (χ0v) is 12.8. The second-order valence-electron chi connectivity index (χ2n) is 5.16. The fourth-order valence-electron chi connectivity index (χ4n) is 1.65. The summed E-state index contributed by atoms with van der Waals surface area (Å²) in [5.74, 6) is -2.42. The minimum absolute atomic E-state index is 0.0186. The Labute approximate surface area is 122 Å². The van der Waals surface area contributed by atoms with E-state index in [1.165, 1.54) is 6.92 Å². The van der Waals surface area contributed by atoms with Gasteiger partial charge in [0, 0.05) is 12.3 Å². The lowest BCUT2D eigenvalue weighted by molar-refractivity contribution is -0.747. The average Bonchev–Trinajstić information content (AvgIpc) is 2.33. The van der Waals surface area contributed by atoms with Crippen LogP contribution in [0.1, 0.15) is 40.5 Å². The van der Waals surface area contributed by atoms with Crippen molar-refractivity contribution in [3.8, 4) is 0 Å². The van der Waals surface area contributed by atoms with Crippen LogP contribution in [0.2, 0.25) is 0 Å². The summed E-state index contributed by atoms with van der Waals surface area (Å²) in [5, 5.41) is 2.61. The number of rotatable bonds is 8. The summed E-state index contributed by atoms with van der Waals surface area (Å²) in [5.41, 5.74) is -3.08. The number of ether oxygens (including phenoxy) is 1. The topological polar surface area (TPSA) is 72.0 Å². The molecule has 1 atom stereocenters. The lowest BCUT2D eigenvalue weighted by atomic mass is 10.1. The molecule has 0 radical (unpaired) electrons. The summed E-state index contributed by atoms with van der Waals surface area (Å²) in [6, 6.07) is 0. The molecule has 0 aliphatic rings. The number of carbonyl (C=O) groups excluding carboxylic acids is 2. The molecule has 0 unspecified atom stereocenters. The van der Waals surface area contributed by atoms with Gasteiger partial charge in [-0.25, -0.2) is 4.79 Å². The Morgan fingerprint density at radius 3 is 2.19 bits per heavy atom. The number of hydrogen-bond acceptors (Lipinski definition) is 3. The number of nitrogens with two attached hydrogens (primary N) is 1. The molecule has 0 bridgehead atoms. The van der Waals surface area contributed by atoms with Gasteiger partial charge in [-0.05, 0) is 13.3 Å². The Hall–Kier alpha value is -1.31. The van der Waals surface area contributed by atoms with Crippen LogP contribution in [0.5, 0.6) is 0 Å². The lowest BCUT2D eigenvalue weighted by Crippen LogP contribution is -3.07. The van der Waals surface area contributed by atoms with Crippen LogP contribution in [0.3, 0.4) is 0 Å². The van der Waals surface area contributed by atoms with E-state index < -0.39 is 23.7 Å². The van der Waals surface area contributed by atoms with E-state index in [1.54, 1.807) is 20.8 Å². The Morgan fingerprint density at radius 2 is 1.81 bits per heavy atom. The van der Waals surface area contributed by atoms with Crippen molar-refractivity contribution in [1.29, 1.82) is 0 Å². The molecular weight excluding hydrogens is 289 g/mol. The van der Waals surface area contributed by atoms with Gasteiger partial charge < -0.3 is 10.1 Å². The van der Waals surface area contributed by atoms with Crippen molar-refractivity contribution in [2.24, 2.45) is 5.92 Å². The molecule has 0 aromatic carbocycles. The van der Waals surface area contributed by atoms with Gasteiger partial charge in [0.05, 0.1) is 13.2 Å². The third-order valence-corrected chi connectivity index (χ3v) is 2.75. The third kappa shape index (κ3) is 5.53. The predicted octanol–water partition coefficient (Wildman–Crippen LogP) is 0.944. The fraction of sp³-hybridized carbons (Fsp3) is 0.846. The van der Waals surface area contributed by atoms with Gasteiger partial charge in [0.2, 0.25) is 5.91 Å². The quantitative estimate of drug-likeness (QED) is 0.517. The molecule has 0 aliphatic carbocycles. The van der Waals surface area contributed by atoms with Crippen LogP contribution in [-0.4, -0.2) is 36.9 Å². The maximum atomic E-state index is 13.5. The third-order valence-electron chi connectivity index (χ3n) is 2.75. The molecule has 3 N–H and O–H groups in total. The molecule has 0 saturated heterocycles. The van der Waals surface area contributed by atoms with E-state index in [4.69, 9.17) is 0 Å². The van der Waals surface area contributed by atoms with E-state index >= 15 is 0 Å². The van der Waals surface area contributed by atoms with Gasteiger partial charge in [-0.1, -0.05) is 20.8 Å². The van der Waals surface area contributed by atoms with Crippen LogP contribution < -0.4 is 10.6 Å². The van der Waals surface area contributed by atoms with Crippen molar-refractivity contribution < 1.29 is 32.8 Å². The van der Waals surface area contributed by atoms with E-state index in [0.29, 0.717) is 6.42 Å². The molecule has 0 heterocycles. The number of quaternary nitrogens is 1. The van der Waals surface area contributed by atoms with Crippen molar-refractivity contribution in [2.45, 2.75) is 52.4 Å². The smallest absolute Gasteiger partial charge is 0.460 e. The molecular formula is C13H24F3N2O3+. The summed E-state index contributed by atoms with van der Waals surface area (Å²) in [6.45, 7) is 6.33. The summed E-state index contributed by atoms with van der Waals surface area (Å²) >= 11 is 0. The molecule has 0 aromatic heterocycles. The average molecular weight is 313 g/mol. The van der Waals surface area contributed by atoms with Gasteiger partial charge in [0.25, 0.3) is 0 Å². The minimum atomic E-state index is -4.96. The number of carbonyl (C=O) groups is 2. The standard InChI is InChI=1S/C13H23F3N2O3/c1-5-7-10(19)18-12(13(14,15)16,11(20)21-6-2)17-8-9(3)4/h9,17H,5-8H2,1-4H3,(H,18,19)/p+1/t12-/m1/s1. The molecule has 8 heteroatoms. The van der Waals surface area contributed by atoms with E-state index in [0.717, 1.165) is 5.32 Å². The molecule has 0 aromatic rings. The van der Waals surface area contributed by atoms with Crippen molar-refractivity contribution in [3.63, 3.8) is 0 Å². The highest BCUT2D eigenvalue weighted by Crippen LogP contribution is 2.27. The Bertz CT molecular complexity index is 359. The molecule has 0 aliphatic heterocycles. The molecule has 5 nitrogen and oxygen atoms in total. The van der Waals surface area contributed by atoms with Gasteiger partial charge in [-0.3, -0.25) is 10.1 Å². The zero-order chi connectivity index (χ0) is 16.7. The van der Waals surface area contributed by atoms with Gasteiger partial charge in [-0.15, -0.1) is 0 Å². The first kappa shape index (κ1) is 19.7. The fourth-order valence-corrected chi connectivity index (χ4v) is 1.65. The number of nitrogens with one attached hydrogen (secondary N) is 1. The number of hydrogen-bond donors (Lipinski definition) is 2. The number of alkyl halides is 3. The summed E-state index contributed by atoms with van der Waals surface area (Å²) in [6.07, 6.45) is -4.67. The van der Waals surface area contributed by atoms with Crippen LogP contribution in [0.15, 0.2) is 0 Å². The van der Waals surface area contributed by atoms with E-state index in [2.05, 4.69) is 4.74 Å². The van der Waals surface area contributed by atoms with Crippen LogP contribution in [0, 0.1) is 5.92 Å². The van der Waals surface area contributed by atoms with E-state index in [9.17, 15) is 22.8 Å². The second-order valence-corrected chi connectivity index (χ2v) is 5.16. The molecule has 1 amide bonds. The molecule has 21 heavy (non-hydrogen) atoms. The lowest BCUT2D eigenvalue weighted by Gasteiger charge is -2.31. The molecule has 0 spiro atoms. The second kappa shape index (κ2) is 8.21. The maximum absolute atomic E-state index is 13.5. The van der Waals surface area contributed by atoms with E-state index in [1.807, 2.05) is 5.32 Å². The van der Waals surface area contributed by atoms with Crippen LogP contribution in [-0.2, 0) is 14.3 Å². The molecule has 0 rings (SSSR count). The van der Waals surface area contributed by atoms with Crippen molar-refractivity contribution >= 4 is 11.9 Å². The van der Waals surface area contributed by atoms with Gasteiger partial charge in [-0.2, -0.15) is 13.2 Å². The number of esters is 1. The minimum Gasteiger partial charge on any atom is -0.460 e. The van der Waals surface area contributed by atoms with Crippen LogP contribution in [0.4, 0.5) is 13.2 Å². The Kier molecular flexibility index (Phi) is 7.70. The Morgan fingerprint density at radius 1 is 1.24 bits per heavy atom. The predicted molar refractivity (Wildman–Crippen MR) is 70.1 cm³/mol. The van der Waals surface area contributed by atoms with Crippen molar-refractivity contribution in [2.75, 3.05) is 13.2 Å². The van der Waals surface area contributed by atoms with Crippen molar-refractivity contribution in [3.05, 3.63) is 0 Å². The zero-order valence-electron chi connectivity index (χ0n) is 12.8. The highest BCUT2D eigenvalue weighted by atomic mass is 19.4. The summed E-state index contributed by atoms with van der Waals surface area (Å²) in [4.78, 5) is 23.5. The monoisotopic (exact) mass is 313 g/mol. The largest absolute Gasteiger partial charge is 0.478 e. The van der Waals surface area contributed by atoms with Gasteiger partial charge >= 0.3 is 17.8 Å². The van der Waals surface area contributed by atoms with Crippen LogP contribution >= 0.6 is 0 Å². The number of halogens is 3. The Balaban J connectivity index is 5.50. The normalized spacial score (nSPS) is 14.7. The summed E-state index contributed by atoms with van der Waals surface area (Å²) in [7, 11) is 0. The highest BCUT2D eigenvalue weighted by Gasteiger charge is 2.67. The first-order valence-corrected chi connectivity index (χ1v) is 7.00. The first-order valence-electron chi connectivity index (χ1n) is 7.00. The first-order chi connectivity index (χ1) is 9.60. The van der Waals surface area contributed by atoms with Gasteiger partial charge in [0.15, 0.2) is 0 Å². The number of amides is 1.